The minimum absolute atomic E-state index is 0.296. The van der Waals surface area contributed by atoms with Gasteiger partial charge < -0.3 is 20.9 Å². The first kappa shape index (κ1) is 26.8. The second-order valence-electron chi connectivity index (χ2n) is 10.6. The summed E-state index contributed by atoms with van der Waals surface area (Å²) in [6.07, 6.45) is 3.70. The third-order valence-corrected chi connectivity index (χ3v) is 7.22. The number of hydrogen-bond acceptors (Lipinski definition) is 6. The number of pyridine rings is 2. The van der Waals surface area contributed by atoms with E-state index in [1.807, 2.05) is 67.8 Å². The molecule has 0 amide bonds. The highest BCUT2D eigenvalue weighted by molar-refractivity contribution is 6.00. The Labute approximate surface area is 237 Å². The number of nitrogens with two attached hydrogens (primary N) is 1. The fourth-order valence-corrected chi connectivity index (χ4v) is 5.26. The number of H-pyrrole nitrogens is 2. The van der Waals surface area contributed by atoms with E-state index >= 15 is 0 Å². The van der Waals surface area contributed by atoms with Crippen molar-refractivity contribution in [3.63, 3.8) is 0 Å². The van der Waals surface area contributed by atoms with Crippen molar-refractivity contribution in [2.75, 3.05) is 27.2 Å². The number of benzene rings is 2. The molecule has 2 aromatic carbocycles. The van der Waals surface area contributed by atoms with E-state index < -0.39 is 0 Å². The second-order valence-corrected chi connectivity index (χ2v) is 10.6. The molecule has 0 saturated heterocycles. The van der Waals surface area contributed by atoms with Gasteiger partial charge in [-0.2, -0.15) is 5.10 Å². The minimum atomic E-state index is -0.307. The van der Waals surface area contributed by atoms with Gasteiger partial charge in [0.25, 0.3) is 0 Å². The molecule has 0 aliphatic heterocycles. The van der Waals surface area contributed by atoms with E-state index in [0.29, 0.717) is 12.2 Å². The van der Waals surface area contributed by atoms with E-state index in [1.165, 1.54) is 6.07 Å². The average Bonchev–Trinajstić information content (AvgIpc) is 3.59. The molecule has 5 N–H and O–H groups in total. The molecule has 0 spiro atoms. The summed E-state index contributed by atoms with van der Waals surface area (Å²) in [5.41, 5.74) is 15.8. The van der Waals surface area contributed by atoms with Gasteiger partial charge in [-0.25, -0.2) is 9.37 Å². The molecule has 41 heavy (non-hydrogen) atoms. The van der Waals surface area contributed by atoms with Crippen LogP contribution in [-0.2, 0) is 6.54 Å². The summed E-state index contributed by atoms with van der Waals surface area (Å²) >= 11 is 0. The number of rotatable bonds is 9. The maximum absolute atomic E-state index is 14.8. The zero-order chi connectivity index (χ0) is 28.5. The third-order valence-electron chi connectivity index (χ3n) is 7.22. The Balaban J connectivity index is 1.40. The number of halogens is 1. The maximum Gasteiger partial charge on any atom is 0.135 e. The van der Waals surface area contributed by atoms with Crippen LogP contribution in [0.4, 0.5) is 4.39 Å². The predicted octanol–water partition coefficient (Wildman–Crippen LogP) is 5.65. The van der Waals surface area contributed by atoms with Crippen LogP contribution in [0.5, 0.6) is 0 Å². The normalized spacial score (nSPS) is 12.5. The number of aromatic amines is 2. The van der Waals surface area contributed by atoms with Gasteiger partial charge in [0.15, 0.2) is 0 Å². The quantitative estimate of drug-likeness (QED) is 0.186. The van der Waals surface area contributed by atoms with Crippen LogP contribution < -0.4 is 11.1 Å². The van der Waals surface area contributed by atoms with Crippen molar-refractivity contribution in [3.8, 4) is 33.8 Å². The van der Waals surface area contributed by atoms with Gasteiger partial charge in [-0.3, -0.25) is 10.1 Å². The van der Waals surface area contributed by atoms with Gasteiger partial charge in [0.2, 0.25) is 0 Å². The summed E-state index contributed by atoms with van der Waals surface area (Å²) in [4.78, 5) is 14.9. The van der Waals surface area contributed by atoms with Gasteiger partial charge in [-0.05, 0) is 91.4 Å². The number of nitrogens with one attached hydrogen (secondary N) is 3. The maximum atomic E-state index is 14.8. The van der Waals surface area contributed by atoms with Gasteiger partial charge in [0.1, 0.15) is 17.0 Å². The van der Waals surface area contributed by atoms with Crippen LogP contribution in [0.1, 0.15) is 24.1 Å². The molecule has 208 valence electrons. The van der Waals surface area contributed by atoms with Crippen molar-refractivity contribution in [3.05, 3.63) is 90.0 Å². The number of aromatic nitrogens is 5. The SMILES string of the molecule is CCNCc1cncc(-c2ccc3[nH]nc(-c4cc5c(-c6cc(F)cc(C(N)CN(C)C)c6)cccc5[nH]4)c3n2)c1. The molecule has 6 rings (SSSR count). The Morgan fingerprint density at radius 1 is 1.00 bits per heavy atom. The van der Waals surface area contributed by atoms with Gasteiger partial charge in [-0.1, -0.05) is 19.1 Å². The van der Waals surface area contributed by atoms with Gasteiger partial charge in [-0.15, -0.1) is 0 Å². The highest BCUT2D eigenvalue weighted by atomic mass is 19.1. The van der Waals surface area contributed by atoms with Crippen molar-refractivity contribution >= 4 is 21.9 Å². The van der Waals surface area contributed by atoms with E-state index in [4.69, 9.17) is 10.7 Å². The van der Waals surface area contributed by atoms with Gasteiger partial charge in [0.05, 0.1) is 16.9 Å². The Bertz CT molecular complexity index is 1840. The van der Waals surface area contributed by atoms with Gasteiger partial charge in [0, 0.05) is 48.0 Å². The minimum Gasteiger partial charge on any atom is -0.353 e. The Kier molecular flexibility index (Phi) is 7.32. The molecular formula is C32H33FN8. The number of likely N-dealkylation sites (N-methyl/N-ethyl adjacent to an activating group) is 1. The molecule has 0 bridgehead atoms. The van der Waals surface area contributed by atoms with Crippen LogP contribution in [0.25, 0.3) is 55.7 Å². The lowest BCUT2D eigenvalue weighted by Crippen LogP contribution is -2.26. The molecule has 0 saturated carbocycles. The Hall–Kier alpha value is -4.44. The molecule has 0 radical (unpaired) electrons. The van der Waals surface area contributed by atoms with E-state index in [9.17, 15) is 4.39 Å². The Morgan fingerprint density at radius 3 is 2.71 bits per heavy atom. The largest absolute Gasteiger partial charge is 0.353 e. The lowest BCUT2D eigenvalue weighted by atomic mass is 9.97. The van der Waals surface area contributed by atoms with Crippen LogP contribution in [-0.4, -0.2) is 57.2 Å². The third kappa shape index (κ3) is 5.47. The van der Waals surface area contributed by atoms with Crippen molar-refractivity contribution in [1.29, 1.82) is 0 Å². The highest BCUT2D eigenvalue weighted by Crippen LogP contribution is 2.35. The average molecular weight is 549 g/mol. The zero-order valence-electron chi connectivity index (χ0n) is 23.4. The fourth-order valence-electron chi connectivity index (χ4n) is 5.26. The first-order valence-electron chi connectivity index (χ1n) is 13.7. The number of nitrogens with zero attached hydrogens (tertiary/aromatic N) is 4. The summed E-state index contributed by atoms with van der Waals surface area (Å²) in [7, 11) is 3.91. The van der Waals surface area contributed by atoms with E-state index in [-0.39, 0.29) is 11.9 Å². The summed E-state index contributed by atoms with van der Waals surface area (Å²) in [6.45, 7) is 4.35. The van der Waals surface area contributed by atoms with Crippen LogP contribution in [0.3, 0.4) is 0 Å². The molecule has 0 aliphatic carbocycles. The van der Waals surface area contributed by atoms with E-state index in [0.717, 1.165) is 74.2 Å². The zero-order valence-corrected chi connectivity index (χ0v) is 23.4. The molecule has 0 fully saturated rings. The molecule has 1 unspecified atom stereocenters. The summed E-state index contributed by atoms with van der Waals surface area (Å²) in [5, 5.41) is 12.0. The Morgan fingerprint density at radius 2 is 1.88 bits per heavy atom. The number of fused-ring (bicyclic) bond motifs is 2. The second kappa shape index (κ2) is 11.2. The van der Waals surface area contributed by atoms with E-state index in [1.54, 1.807) is 6.07 Å². The standard InChI is InChI=1S/C32H33FN8/c1-4-35-15-19-10-22(17-36-16-19)27-8-9-29-31(38-27)32(40-39-29)30-14-25-24(6-5-7-28(25)37-30)20-11-21(13-23(33)12-20)26(34)18-41(2)3/h5-14,16-17,26,35,37H,4,15,18,34H2,1-3H3,(H,39,40). The first-order valence-corrected chi connectivity index (χ1v) is 13.7. The molecule has 6 aromatic rings. The van der Waals surface area contributed by atoms with Crippen molar-refractivity contribution < 1.29 is 4.39 Å². The van der Waals surface area contributed by atoms with Crippen LogP contribution in [0, 0.1) is 5.82 Å². The highest BCUT2D eigenvalue weighted by Gasteiger charge is 2.17. The monoisotopic (exact) mass is 548 g/mol. The van der Waals surface area contributed by atoms with Crippen LogP contribution >= 0.6 is 0 Å². The summed E-state index contributed by atoms with van der Waals surface area (Å²) in [5.74, 6) is -0.307. The fraction of sp³-hybridized carbons (Fsp3) is 0.219. The van der Waals surface area contributed by atoms with Gasteiger partial charge >= 0.3 is 0 Å². The molecule has 4 aromatic heterocycles. The van der Waals surface area contributed by atoms with Crippen LogP contribution in [0.15, 0.2) is 73.1 Å². The van der Waals surface area contributed by atoms with Crippen molar-refractivity contribution in [2.24, 2.45) is 5.73 Å². The molecule has 1 atom stereocenters. The summed E-state index contributed by atoms with van der Waals surface area (Å²) in [6, 6.07) is 18.9. The summed E-state index contributed by atoms with van der Waals surface area (Å²) < 4.78 is 14.8. The van der Waals surface area contributed by atoms with Crippen LogP contribution in [0.2, 0.25) is 0 Å². The smallest absolute Gasteiger partial charge is 0.135 e. The van der Waals surface area contributed by atoms with E-state index in [2.05, 4.69) is 44.5 Å². The first-order chi connectivity index (χ1) is 19.9. The topological polar surface area (TPSA) is 112 Å². The van der Waals surface area contributed by atoms with Crippen molar-refractivity contribution in [2.45, 2.75) is 19.5 Å². The molecule has 8 nitrogen and oxygen atoms in total. The molecule has 4 heterocycles. The lowest BCUT2D eigenvalue weighted by Gasteiger charge is -2.18. The molecular weight excluding hydrogens is 515 g/mol. The number of hydrogen-bond donors (Lipinski definition) is 4. The predicted molar refractivity (Wildman–Crippen MR) is 163 cm³/mol. The van der Waals surface area contributed by atoms with Crippen molar-refractivity contribution in [1.82, 2.24) is 35.4 Å². The lowest BCUT2D eigenvalue weighted by molar-refractivity contribution is 0.376. The molecule has 0 aliphatic rings. The molecule has 9 heteroatoms.